The summed E-state index contributed by atoms with van der Waals surface area (Å²) in [6, 6.07) is 0. The van der Waals surface area contributed by atoms with Gasteiger partial charge < -0.3 is 9.64 Å². The molecule has 1 fully saturated rings. The fourth-order valence-electron chi connectivity index (χ4n) is 5.29. The van der Waals surface area contributed by atoms with Gasteiger partial charge in [0.15, 0.2) is 0 Å². The summed E-state index contributed by atoms with van der Waals surface area (Å²) in [4.78, 5) is 2.74. The van der Waals surface area contributed by atoms with Crippen molar-refractivity contribution in [3.05, 3.63) is 0 Å². The predicted molar refractivity (Wildman–Crippen MR) is 147 cm³/mol. The highest BCUT2D eigenvalue weighted by molar-refractivity contribution is 5.07. The van der Waals surface area contributed by atoms with Crippen LogP contribution in [0.1, 0.15) is 144 Å². The number of piperidine rings is 1. The van der Waals surface area contributed by atoms with Gasteiger partial charge >= 0.3 is 0 Å². The Kier molecular flexibility index (Phi) is 19.2. The van der Waals surface area contributed by atoms with E-state index in [4.69, 9.17) is 4.74 Å². The van der Waals surface area contributed by atoms with Gasteiger partial charge in [0.2, 0.25) is 0 Å². The second kappa shape index (κ2) is 20.8. The third-order valence-electron chi connectivity index (χ3n) is 7.41. The third-order valence-corrected chi connectivity index (χ3v) is 7.41. The highest BCUT2D eigenvalue weighted by atomic mass is 16.5. The summed E-state index contributed by atoms with van der Waals surface area (Å²) in [5, 5.41) is 0. The lowest BCUT2D eigenvalue weighted by atomic mass is 9.93. The first-order chi connectivity index (χ1) is 16.1. The lowest BCUT2D eigenvalue weighted by Crippen LogP contribution is -2.40. The van der Waals surface area contributed by atoms with E-state index < -0.39 is 0 Å². The first-order valence-electron chi connectivity index (χ1n) is 15.0. The van der Waals surface area contributed by atoms with Crippen LogP contribution in [0.4, 0.5) is 0 Å². The molecule has 1 saturated heterocycles. The standard InChI is InChI=1S/C31H59NO/c1-6-10-13-15-19-30(20-16-14-11-7-2)27-32-25-23-31(24-26-32)33-28(5)21-22-29(17-9-4)18-12-8-3/h28-31H,6-20,23-27H2,1-5H3/t28-,29?/m1/s1. The number of hydrogen-bond acceptors (Lipinski definition) is 2. The highest BCUT2D eigenvalue weighted by Gasteiger charge is 2.23. The van der Waals surface area contributed by atoms with E-state index in [2.05, 4.69) is 51.4 Å². The van der Waals surface area contributed by atoms with E-state index >= 15 is 0 Å². The molecule has 0 radical (unpaired) electrons. The second-order valence-corrected chi connectivity index (χ2v) is 10.8. The first kappa shape index (κ1) is 30.5. The molecular formula is C31H59NO. The van der Waals surface area contributed by atoms with Crippen molar-refractivity contribution in [2.24, 2.45) is 11.8 Å². The number of ether oxygens (including phenoxy) is 1. The van der Waals surface area contributed by atoms with Gasteiger partial charge in [-0.2, -0.15) is 0 Å². The minimum Gasteiger partial charge on any atom is -0.362 e. The average molecular weight is 462 g/mol. The zero-order valence-electron chi connectivity index (χ0n) is 23.3. The van der Waals surface area contributed by atoms with Crippen LogP contribution in [0.15, 0.2) is 0 Å². The molecule has 0 aromatic carbocycles. The van der Waals surface area contributed by atoms with E-state index in [1.54, 1.807) is 0 Å². The minimum atomic E-state index is 0.0763. The van der Waals surface area contributed by atoms with Crippen molar-refractivity contribution in [1.29, 1.82) is 0 Å². The van der Waals surface area contributed by atoms with E-state index in [-0.39, 0.29) is 6.10 Å². The quantitative estimate of drug-likeness (QED) is 0.140. The van der Waals surface area contributed by atoms with Crippen LogP contribution in [0.2, 0.25) is 0 Å². The number of rotatable bonds is 19. The Hall–Kier alpha value is -0.520. The fraction of sp³-hybridized carbons (Fsp3) is 0.935. The third kappa shape index (κ3) is 15.9. The van der Waals surface area contributed by atoms with Gasteiger partial charge in [0.05, 0.1) is 6.10 Å². The number of nitrogens with zero attached hydrogens (tertiary/aromatic N) is 1. The smallest absolute Gasteiger partial charge is 0.115 e. The molecule has 2 heteroatoms. The fourth-order valence-corrected chi connectivity index (χ4v) is 5.29. The summed E-state index contributed by atoms with van der Waals surface area (Å²) in [5.41, 5.74) is 0. The molecule has 1 rings (SSSR count). The Labute approximate surface area is 209 Å². The van der Waals surface area contributed by atoms with Crippen molar-refractivity contribution >= 4 is 0 Å². The largest absolute Gasteiger partial charge is 0.362 e. The van der Waals surface area contributed by atoms with Crippen molar-refractivity contribution in [2.45, 2.75) is 156 Å². The van der Waals surface area contributed by atoms with Crippen LogP contribution in [-0.4, -0.2) is 36.7 Å². The monoisotopic (exact) mass is 461 g/mol. The van der Waals surface area contributed by atoms with Crippen LogP contribution >= 0.6 is 0 Å². The van der Waals surface area contributed by atoms with Gasteiger partial charge in [-0.25, -0.2) is 0 Å². The number of likely N-dealkylation sites (tertiary alicyclic amines) is 1. The van der Waals surface area contributed by atoms with Crippen LogP contribution in [0.5, 0.6) is 0 Å². The molecule has 1 aliphatic heterocycles. The summed E-state index contributed by atoms with van der Waals surface area (Å²) >= 11 is 0. The van der Waals surface area contributed by atoms with Crippen molar-refractivity contribution < 1.29 is 4.74 Å². The Balaban J connectivity index is 2.39. The van der Waals surface area contributed by atoms with E-state index in [9.17, 15) is 0 Å². The van der Waals surface area contributed by atoms with Gasteiger partial charge in [0, 0.05) is 25.6 Å². The molecule has 0 aromatic heterocycles. The molecule has 1 heterocycles. The predicted octanol–water partition coefficient (Wildman–Crippen LogP) is 9.02. The second-order valence-electron chi connectivity index (χ2n) is 10.8. The summed E-state index contributed by atoms with van der Waals surface area (Å²) in [6.07, 6.45) is 23.2. The maximum Gasteiger partial charge on any atom is 0.115 e. The Morgan fingerprint density at radius 1 is 0.697 bits per heavy atom. The molecule has 2 atom stereocenters. The van der Waals surface area contributed by atoms with Gasteiger partial charge in [0.1, 0.15) is 6.10 Å². The van der Waals surface area contributed by atoms with Crippen molar-refractivity contribution in [3.63, 3.8) is 0 Å². The van der Waals surface area contributed by atoms with Crippen molar-refractivity contribution in [2.75, 3.05) is 19.6 Å². The molecule has 0 saturated carbocycles. The molecule has 194 valence electrons. The molecule has 0 amide bonds. The lowest BCUT2D eigenvalue weighted by molar-refractivity contribution is -0.0146. The van der Waals surface area contributed by atoms with Crippen molar-refractivity contribution in [1.82, 2.24) is 4.90 Å². The normalized spacial score (nSPS) is 17.2. The topological polar surface area (TPSA) is 12.5 Å². The Morgan fingerprint density at radius 2 is 1.30 bits per heavy atom. The summed E-state index contributed by atoms with van der Waals surface area (Å²) in [6.45, 7) is 15.1. The average Bonchev–Trinajstić information content (AvgIpc) is 2.82. The van der Waals surface area contributed by atoms with Gasteiger partial charge in [0.25, 0.3) is 0 Å². The van der Waals surface area contributed by atoms with E-state index in [1.807, 2.05) is 0 Å². The summed E-state index contributed by atoms with van der Waals surface area (Å²) < 4.78 is 6.36. The molecule has 0 aromatic rings. The molecule has 33 heavy (non-hydrogen) atoms. The Bertz CT molecular complexity index is 473. The molecule has 0 N–H and O–H groups in total. The maximum absolute atomic E-state index is 6.36. The highest BCUT2D eigenvalue weighted by Crippen LogP contribution is 2.23. The van der Waals surface area contributed by atoms with Crippen LogP contribution in [0.25, 0.3) is 0 Å². The molecule has 0 aliphatic carbocycles. The molecule has 0 spiro atoms. The van der Waals surface area contributed by atoms with Crippen molar-refractivity contribution in [3.8, 4) is 11.8 Å². The van der Waals surface area contributed by atoms with Crippen LogP contribution in [-0.2, 0) is 4.74 Å². The van der Waals surface area contributed by atoms with Crippen LogP contribution in [0.3, 0.4) is 0 Å². The summed E-state index contributed by atoms with van der Waals surface area (Å²) in [7, 11) is 0. The van der Waals surface area contributed by atoms with E-state index in [0.29, 0.717) is 12.0 Å². The zero-order valence-corrected chi connectivity index (χ0v) is 23.3. The van der Waals surface area contributed by atoms with Gasteiger partial charge in [-0.1, -0.05) is 110 Å². The number of unbranched alkanes of at least 4 members (excludes halogenated alkanes) is 7. The lowest BCUT2D eigenvalue weighted by Gasteiger charge is -2.35. The van der Waals surface area contributed by atoms with Gasteiger partial charge in [-0.15, -0.1) is 0 Å². The molecular weight excluding hydrogens is 402 g/mol. The van der Waals surface area contributed by atoms with Crippen LogP contribution in [0, 0.1) is 23.7 Å². The van der Waals surface area contributed by atoms with Crippen LogP contribution < -0.4 is 0 Å². The van der Waals surface area contributed by atoms with E-state index in [0.717, 1.165) is 5.92 Å². The van der Waals surface area contributed by atoms with Gasteiger partial charge in [-0.3, -0.25) is 0 Å². The van der Waals surface area contributed by atoms with E-state index in [1.165, 1.54) is 129 Å². The SMILES string of the molecule is CCCCCCC(CCCCCC)CN1CCC(O[C@H](C)C#CC(CCC)CCCC)CC1. The molecule has 2 nitrogen and oxygen atoms in total. The zero-order chi connectivity index (χ0) is 24.2. The number of hydrogen-bond donors (Lipinski definition) is 0. The summed E-state index contributed by atoms with van der Waals surface area (Å²) in [5.74, 6) is 8.47. The Morgan fingerprint density at radius 3 is 1.85 bits per heavy atom. The molecule has 1 unspecified atom stereocenters. The first-order valence-corrected chi connectivity index (χ1v) is 15.0. The maximum atomic E-state index is 6.36. The molecule has 1 aliphatic rings. The van der Waals surface area contributed by atoms with Gasteiger partial charge in [-0.05, 0) is 51.4 Å². The molecule has 0 bridgehead atoms. The minimum absolute atomic E-state index is 0.0763.